The summed E-state index contributed by atoms with van der Waals surface area (Å²) in [5.74, 6) is 0.602. The van der Waals surface area contributed by atoms with Gasteiger partial charge in [-0.25, -0.2) is 4.98 Å². The molecular formula is C19H23N5O. The normalized spacial score (nSPS) is 11.2. The molecule has 2 aromatic heterocycles. The van der Waals surface area contributed by atoms with Crippen LogP contribution in [0, 0.1) is 13.8 Å². The number of rotatable bonds is 5. The number of benzene rings is 1. The van der Waals surface area contributed by atoms with Crippen LogP contribution in [0.15, 0.2) is 41.2 Å². The average Bonchev–Trinajstić information content (AvgIpc) is 2.81. The van der Waals surface area contributed by atoms with Crippen molar-refractivity contribution in [1.29, 1.82) is 0 Å². The van der Waals surface area contributed by atoms with E-state index in [-0.39, 0.29) is 5.56 Å². The first kappa shape index (κ1) is 17.1. The smallest absolute Gasteiger partial charge is 0.251 e. The molecule has 0 fully saturated rings. The molecule has 3 aromatic rings. The second kappa shape index (κ2) is 7.03. The maximum Gasteiger partial charge on any atom is 0.251 e. The van der Waals surface area contributed by atoms with Crippen LogP contribution in [0.4, 0.5) is 0 Å². The van der Waals surface area contributed by atoms with Gasteiger partial charge in [-0.1, -0.05) is 30.3 Å². The minimum absolute atomic E-state index is 0.133. The molecule has 0 unspecified atom stereocenters. The zero-order valence-electron chi connectivity index (χ0n) is 15.1. The summed E-state index contributed by atoms with van der Waals surface area (Å²) in [7, 11) is 3.98. The van der Waals surface area contributed by atoms with Crippen molar-refractivity contribution in [3.8, 4) is 11.4 Å². The highest BCUT2D eigenvalue weighted by atomic mass is 16.1. The second-order valence-electron chi connectivity index (χ2n) is 6.40. The van der Waals surface area contributed by atoms with Crippen LogP contribution in [0.5, 0.6) is 0 Å². The summed E-state index contributed by atoms with van der Waals surface area (Å²) in [5.41, 5.74) is 4.94. The Balaban J connectivity index is 1.81. The number of hydrogen-bond acceptors (Lipinski definition) is 4. The molecule has 1 aromatic carbocycles. The highest BCUT2D eigenvalue weighted by Crippen LogP contribution is 2.16. The van der Waals surface area contributed by atoms with E-state index in [2.05, 4.69) is 26.9 Å². The maximum atomic E-state index is 12.0. The molecule has 0 aliphatic carbocycles. The van der Waals surface area contributed by atoms with E-state index in [9.17, 15) is 4.79 Å². The minimum Gasteiger partial charge on any atom is -0.307 e. The Morgan fingerprint density at radius 1 is 1.16 bits per heavy atom. The quantitative estimate of drug-likeness (QED) is 0.776. The van der Waals surface area contributed by atoms with Crippen LogP contribution in [0.2, 0.25) is 0 Å². The topological polar surface area (TPSA) is 66.8 Å². The summed E-state index contributed by atoms with van der Waals surface area (Å²) in [6.07, 6.45) is 0. The highest BCUT2D eigenvalue weighted by molar-refractivity contribution is 5.54. The minimum atomic E-state index is -0.133. The summed E-state index contributed by atoms with van der Waals surface area (Å²) in [6, 6.07) is 11.2. The predicted molar refractivity (Wildman–Crippen MR) is 98.1 cm³/mol. The van der Waals surface area contributed by atoms with Crippen molar-refractivity contribution in [1.82, 2.24) is 24.6 Å². The van der Waals surface area contributed by atoms with E-state index in [1.807, 2.05) is 56.0 Å². The summed E-state index contributed by atoms with van der Waals surface area (Å²) in [5, 5.41) is 4.46. The van der Waals surface area contributed by atoms with E-state index in [0.717, 1.165) is 29.2 Å². The Morgan fingerprint density at radius 3 is 2.52 bits per heavy atom. The van der Waals surface area contributed by atoms with Crippen molar-refractivity contribution in [2.75, 3.05) is 7.05 Å². The lowest BCUT2D eigenvalue weighted by Gasteiger charge is -2.17. The summed E-state index contributed by atoms with van der Waals surface area (Å²) >= 11 is 0. The van der Waals surface area contributed by atoms with Crippen LogP contribution >= 0.6 is 0 Å². The van der Waals surface area contributed by atoms with Gasteiger partial charge in [-0.15, -0.1) is 0 Å². The number of H-pyrrole nitrogens is 1. The van der Waals surface area contributed by atoms with Gasteiger partial charge in [-0.3, -0.25) is 14.4 Å². The Bertz CT molecular complexity index is 927. The van der Waals surface area contributed by atoms with Crippen LogP contribution in [-0.2, 0) is 20.1 Å². The first-order valence-corrected chi connectivity index (χ1v) is 8.27. The fourth-order valence-electron chi connectivity index (χ4n) is 2.97. The van der Waals surface area contributed by atoms with Crippen LogP contribution in [-0.4, -0.2) is 31.7 Å². The van der Waals surface area contributed by atoms with Crippen molar-refractivity contribution >= 4 is 0 Å². The van der Waals surface area contributed by atoms with Gasteiger partial charge in [0.25, 0.3) is 5.56 Å². The van der Waals surface area contributed by atoms with Crippen molar-refractivity contribution < 1.29 is 0 Å². The van der Waals surface area contributed by atoms with E-state index in [0.29, 0.717) is 12.4 Å². The van der Waals surface area contributed by atoms with Gasteiger partial charge >= 0.3 is 0 Å². The van der Waals surface area contributed by atoms with E-state index in [4.69, 9.17) is 0 Å². The fourth-order valence-corrected chi connectivity index (χ4v) is 2.97. The Morgan fingerprint density at radius 2 is 1.88 bits per heavy atom. The maximum absolute atomic E-state index is 12.0. The van der Waals surface area contributed by atoms with E-state index < -0.39 is 0 Å². The van der Waals surface area contributed by atoms with E-state index in [1.165, 1.54) is 5.56 Å². The van der Waals surface area contributed by atoms with Crippen LogP contribution in [0.25, 0.3) is 11.4 Å². The Kier molecular flexibility index (Phi) is 4.81. The van der Waals surface area contributed by atoms with Gasteiger partial charge in [-0.05, 0) is 20.9 Å². The Hall–Kier alpha value is -2.73. The molecule has 0 aliphatic rings. The van der Waals surface area contributed by atoms with Gasteiger partial charge in [0.1, 0.15) is 5.82 Å². The lowest BCUT2D eigenvalue weighted by atomic mass is 10.2. The number of nitrogens with zero attached hydrogens (tertiary/aromatic N) is 4. The number of aromatic nitrogens is 4. The average molecular weight is 337 g/mol. The fraction of sp³-hybridized carbons (Fsp3) is 0.316. The van der Waals surface area contributed by atoms with Crippen molar-refractivity contribution in [3.63, 3.8) is 0 Å². The monoisotopic (exact) mass is 337 g/mol. The van der Waals surface area contributed by atoms with E-state index >= 15 is 0 Å². The first-order valence-electron chi connectivity index (χ1n) is 8.27. The first-order chi connectivity index (χ1) is 11.9. The molecule has 2 heterocycles. The SMILES string of the molecule is Cc1nn(C)c(C)c1CN(C)Cc1cc(=O)[nH]c(-c2ccccc2)n1. The zero-order valence-corrected chi connectivity index (χ0v) is 15.1. The van der Waals surface area contributed by atoms with Crippen molar-refractivity contribution in [3.05, 3.63) is 69.4 Å². The third-order valence-electron chi connectivity index (χ3n) is 4.36. The van der Waals surface area contributed by atoms with Crippen molar-refractivity contribution in [2.45, 2.75) is 26.9 Å². The molecule has 0 saturated carbocycles. The molecule has 0 spiro atoms. The van der Waals surface area contributed by atoms with Gasteiger partial charge in [0.2, 0.25) is 0 Å². The lowest BCUT2D eigenvalue weighted by molar-refractivity contribution is 0.313. The molecular weight excluding hydrogens is 314 g/mol. The third-order valence-corrected chi connectivity index (χ3v) is 4.36. The van der Waals surface area contributed by atoms with Crippen molar-refractivity contribution in [2.24, 2.45) is 7.05 Å². The molecule has 3 rings (SSSR count). The number of hydrogen-bond donors (Lipinski definition) is 1. The largest absolute Gasteiger partial charge is 0.307 e. The molecule has 6 nitrogen and oxygen atoms in total. The van der Waals surface area contributed by atoms with Gasteiger partial charge in [0.05, 0.1) is 11.4 Å². The molecule has 0 bridgehead atoms. The molecule has 0 amide bonds. The van der Waals surface area contributed by atoms with Crippen LogP contribution < -0.4 is 5.56 Å². The Labute approximate surface area is 147 Å². The summed E-state index contributed by atoms with van der Waals surface area (Å²) in [6.45, 7) is 5.45. The van der Waals surface area contributed by atoms with Gasteiger partial charge in [0, 0.05) is 43.0 Å². The highest BCUT2D eigenvalue weighted by Gasteiger charge is 2.13. The predicted octanol–water partition coefficient (Wildman–Crippen LogP) is 2.42. The number of aromatic amines is 1. The van der Waals surface area contributed by atoms with Gasteiger partial charge in [-0.2, -0.15) is 5.10 Å². The van der Waals surface area contributed by atoms with Gasteiger partial charge < -0.3 is 4.98 Å². The third kappa shape index (κ3) is 3.85. The molecule has 130 valence electrons. The number of nitrogens with one attached hydrogen (secondary N) is 1. The summed E-state index contributed by atoms with van der Waals surface area (Å²) in [4.78, 5) is 21.6. The zero-order chi connectivity index (χ0) is 18.0. The lowest BCUT2D eigenvalue weighted by Crippen LogP contribution is -2.21. The van der Waals surface area contributed by atoms with E-state index in [1.54, 1.807) is 6.07 Å². The number of aryl methyl sites for hydroxylation is 2. The molecule has 0 saturated heterocycles. The molecule has 0 radical (unpaired) electrons. The van der Waals surface area contributed by atoms with Crippen LogP contribution in [0.3, 0.4) is 0 Å². The van der Waals surface area contributed by atoms with Crippen LogP contribution in [0.1, 0.15) is 22.6 Å². The standard InChI is InChI=1S/C19H23N5O/c1-13-17(14(2)24(4)22-13)12-23(3)11-16-10-18(25)21-19(20-16)15-8-6-5-7-9-15/h5-10H,11-12H2,1-4H3,(H,20,21,25). The second-order valence-corrected chi connectivity index (χ2v) is 6.40. The summed E-state index contributed by atoms with van der Waals surface area (Å²) < 4.78 is 1.90. The van der Waals surface area contributed by atoms with Gasteiger partial charge in [0.15, 0.2) is 0 Å². The molecule has 25 heavy (non-hydrogen) atoms. The molecule has 0 aliphatic heterocycles. The molecule has 1 N–H and O–H groups in total. The molecule has 6 heteroatoms. The molecule has 0 atom stereocenters.